The minimum Gasteiger partial charge on any atom is -0.486 e. The van der Waals surface area contributed by atoms with Crippen LogP contribution in [0.1, 0.15) is 25.5 Å². The predicted molar refractivity (Wildman–Crippen MR) is 94.7 cm³/mol. The quantitative estimate of drug-likeness (QED) is 0.670. The van der Waals surface area contributed by atoms with Crippen molar-refractivity contribution < 1.29 is 14.3 Å². The van der Waals surface area contributed by atoms with Crippen LogP contribution in [-0.4, -0.2) is 40.1 Å². The maximum atomic E-state index is 12.3. The second-order valence-electron chi connectivity index (χ2n) is 5.98. The number of ether oxygens (including phenoxy) is 2. The first kappa shape index (κ1) is 17.4. The lowest BCUT2D eigenvalue weighted by Crippen LogP contribution is -2.33. The number of H-pyrrole nitrogens is 1. The van der Waals surface area contributed by atoms with E-state index in [0.29, 0.717) is 24.1 Å². The number of aromatic nitrogens is 3. The lowest BCUT2D eigenvalue weighted by atomic mass is 9.95. The molecule has 4 N–H and O–H groups in total. The highest BCUT2D eigenvalue weighted by Gasteiger charge is 2.21. The first-order chi connectivity index (χ1) is 12.0. The number of carbonyl (C=O) groups is 1. The Bertz CT molecular complexity index is 749. The second-order valence-corrected chi connectivity index (χ2v) is 6.93. The minimum atomic E-state index is -0.124. The van der Waals surface area contributed by atoms with Gasteiger partial charge in [-0.3, -0.25) is 4.79 Å². The number of carbonyl (C=O) groups excluding carboxylic acids is 1. The van der Waals surface area contributed by atoms with Gasteiger partial charge in [0.25, 0.3) is 0 Å². The van der Waals surface area contributed by atoms with Crippen LogP contribution >= 0.6 is 11.8 Å². The summed E-state index contributed by atoms with van der Waals surface area (Å²) in [4.78, 5) is 16.3. The molecule has 9 heteroatoms. The highest BCUT2D eigenvalue weighted by Crippen LogP contribution is 2.34. The first-order valence-corrected chi connectivity index (χ1v) is 9.01. The number of benzene rings is 1. The van der Waals surface area contributed by atoms with Crippen LogP contribution in [0.5, 0.6) is 11.5 Å². The molecule has 2 heterocycles. The lowest BCUT2D eigenvalue weighted by molar-refractivity contribution is -0.119. The average Bonchev–Trinajstić information content (AvgIpc) is 3.02. The molecule has 1 aliphatic rings. The van der Waals surface area contributed by atoms with E-state index < -0.39 is 0 Å². The zero-order valence-electron chi connectivity index (χ0n) is 14.1. The summed E-state index contributed by atoms with van der Waals surface area (Å²) in [5, 5.41) is 9.96. The summed E-state index contributed by atoms with van der Waals surface area (Å²) >= 11 is 1.23. The number of amides is 1. The fraction of sp³-hybridized carbons (Fsp3) is 0.438. The van der Waals surface area contributed by atoms with Crippen molar-refractivity contribution in [1.29, 1.82) is 0 Å². The summed E-state index contributed by atoms with van der Waals surface area (Å²) in [6.45, 7) is 5.21. The third-order valence-corrected chi connectivity index (χ3v) is 4.57. The largest absolute Gasteiger partial charge is 0.486 e. The summed E-state index contributed by atoms with van der Waals surface area (Å²) in [6.07, 6.45) is 0. The third kappa shape index (κ3) is 4.36. The van der Waals surface area contributed by atoms with Crippen LogP contribution in [0.4, 0.5) is 5.95 Å². The number of hydrogen-bond acceptors (Lipinski definition) is 7. The van der Waals surface area contributed by atoms with E-state index in [1.165, 1.54) is 11.8 Å². The number of thioether (sulfide) groups is 1. The number of anilines is 1. The molecule has 2 aromatic rings. The van der Waals surface area contributed by atoms with Crippen molar-refractivity contribution in [2.45, 2.75) is 25.0 Å². The molecule has 0 unspecified atom stereocenters. The Balaban J connectivity index is 1.65. The van der Waals surface area contributed by atoms with Gasteiger partial charge in [-0.05, 0) is 23.6 Å². The van der Waals surface area contributed by atoms with Gasteiger partial charge in [-0.2, -0.15) is 4.98 Å². The molecule has 1 amide bonds. The molecule has 0 saturated carbocycles. The van der Waals surface area contributed by atoms with Gasteiger partial charge in [-0.15, -0.1) is 5.10 Å². The van der Waals surface area contributed by atoms with E-state index in [1.807, 2.05) is 18.2 Å². The van der Waals surface area contributed by atoms with Gasteiger partial charge in [-0.25, -0.2) is 5.10 Å². The van der Waals surface area contributed by atoms with Gasteiger partial charge >= 0.3 is 0 Å². The molecule has 0 radical (unpaired) electrons. The summed E-state index contributed by atoms with van der Waals surface area (Å²) in [5.74, 6) is 2.03. The standard InChI is InChI=1S/C16H21N5O3S/c1-9(2)14(10-3-4-11-12(7-10)24-6-5-23-11)18-13(22)8-25-16-19-15(17)20-21-16/h3-4,7,9,14H,5-6,8H2,1-2H3,(H,18,22)(H3,17,19,20,21)/t14-/m0/s1. The van der Waals surface area contributed by atoms with E-state index in [4.69, 9.17) is 15.2 Å². The fourth-order valence-corrected chi connectivity index (χ4v) is 3.17. The molecule has 1 atom stereocenters. The van der Waals surface area contributed by atoms with E-state index >= 15 is 0 Å². The number of rotatable bonds is 6. The van der Waals surface area contributed by atoms with Crippen LogP contribution < -0.4 is 20.5 Å². The van der Waals surface area contributed by atoms with Crippen LogP contribution in [0, 0.1) is 5.92 Å². The number of hydrogen-bond donors (Lipinski definition) is 3. The van der Waals surface area contributed by atoms with Crippen molar-refractivity contribution in [3.8, 4) is 11.5 Å². The van der Waals surface area contributed by atoms with Crippen molar-refractivity contribution in [2.75, 3.05) is 24.7 Å². The zero-order chi connectivity index (χ0) is 17.8. The topological polar surface area (TPSA) is 115 Å². The Morgan fingerprint density at radius 1 is 1.36 bits per heavy atom. The van der Waals surface area contributed by atoms with Gasteiger partial charge in [0.05, 0.1) is 11.8 Å². The Morgan fingerprint density at radius 2 is 2.12 bits per heavy atom. The van der Waals surface area contributed by atoms with Gasteiger partial charge in [-0.1, -0.05) is 31.7 Å². The van der Waals surface area contributed by atoms with E-state index in [0.717, 1.165) is 11.3 Å². The average molecular weight is 363 g/mol. The molecular weight excluding hydrogens is 342 g/mol. The normalized spacial score (nSPS) is 14.4. The van der Waals surface area contributed by atoms with E-state index in [2.05, 4.69) is 34.3 Å². The second kappa shape index (κ2) is 7.64. The van der Waals surface area contributed by atoms with Crippen molar-refractivity contribution in [3.05, 3.63) is 23.8 Å². The molecule has 134 valence electrons. The summed E-state index contributed by atoms with van der Waals surface area (Å²) in [7, 11) is 0. The van der Waals surface area contributed by atoms with Crippen molar-refractivity contribution in [2.24, 2.45) is 5.92 Å². The van der Waals surface area contributed by atoms with Gasteiger partial charge < -0.3 is 20.5 Å². The fourth-order valence-electron chi connectivity index (χ4n) is 2.56. The summed E-state index contributed by atoms with van der Waals surface area (Å²) in [6, 6.07) is 5.65. The zero-order valence-corrected chi connectivity index (χ0v) is 14.9. The highest BCUT2D eigenvalue weighted by atomic mass is 32.2. The number of nitrogens with one attached hydrogen (secondary N) is 2. The Morgan fingerprint density at radius 3 is 2.80 bits per heavy atom. The van der Waals surface area contributed by atoms with E-state index in [1.54, 1.807) is 0 Å². The molecule has 0 aliphatic carbocycles. The molecule has 8 nitrogen and oxygen atoms in total. The van der Waals surface area contributed by atoms with Crippen LogP contribution in [0.25, 0.3) is 0 Å². The molecule has 1 aromatic carbocycles. The van der Waals surface area contributed by atoms with E-state index in [9.17, 15) is 4.79 Å². The van der Waals surface area contributed by atoms with Crippen LogP contribution in [0.15, 0.2) is 23.4 Å². The molecule has 1 aliphatic heterocycles. The van der Waals surface area contributed by atoms with Gasteiger partial charge in [0.1, 0.15) is 13.2 Å². The van der Waals surface area contributed by atoms with Gasteiger partial charge in [0.2, 0.25) is 17.0 Å². The number of aromatic amines is 1. The SMILES string of the molecule is CC(C)[C@H](NC(=O)CSc1n[nH]c(N)n1)c1ccc2c(c1)OCCO2. The molecule has 0 fully saturated rings. The number of nitrogens with two attached hydrogens (primary N) is 1. The molecule has 0 saturated heterocycles. The molecule has 0 bridgehead atoms. The summed E-state index contributed by atoms with van der Waals surface area (Å²) < 4.78 is 11.2. The molecule has 0 spiro atoms. The Labute approximate surface area is 149 Å². The lowest BCUT2D eigenvalue weighted by Gasteiger charge is -2.25. The van der Waals surface area contributed by atoms with Gasteiger partial charge in [0, 0.05) is 0 Å². The van der Waals surface area contributed by atoms with E-state index in [-0.39, 0.29) is 29.6 Å². The monoisotopic (exact) mass is 363 g/mol. The number of nitrogen functional groups attached to an aromatic ring is 1. The van der Waals surface area contributed by atoms with Crippen LogP contribution in [-0.2, 0) is 4.79 Å². The highest BCUT2D eigenvalue weighted by molar-refractivity contribution is 7.99. The minimum absolute atomic E-state index is 0.0954. The van der Waals surface area contributed by atoms with Crippen molar-refractivity contribution in [1.82, 2.24) is 20.5 Å². The number of fused-ring (bicyclic) bond motifs is 1. The van der Waals surface area contributed by atoms with Gasteiger partial charge in [0.15, 0.2) is 11.5 Å². The molecular formula is C16H21N5O3S. The molecule has 3 rings (SSSR count). The Hall–Kier alpha value is -2.42. The third-order valence-electron chi connectivity index (χ3n) is 3.72. The maximum Gasteiger partial charge on any atom is 0.230 e. The van der Waals surface area contributed by atoms with Crippen molar-refractivity contribution >= 4 is 23.6 Å². The number of nitrogens with zero attached hydrogens (tertiary/aromatic N) is 2. The van der Waals surface area contributed by atoms with Crippen molar-refractivity contribution in [3.63, 3.8) is 0 Å². The predicted octanol–water partition coefficient (Wildman–Crippen LogP) is 1.76. The van der Waals surface area contributed by atoms with Crippen LogP contribution in [0.2, 0.25) is 0 Å². The first-order valence-electron chi connectivity index (χ1n) is 8.02. The van der Waals surface area contributed by atoms with Crippen LogP contribution in [0.3, 0.4) is 0 Å². The maximum absolute atomic E-state index is 12.3. The Kier molecular flexibility index (Phi) is 5.32. The molecule has 1 aromatic heterocycles. The smallest absolute Gasteiger partial charge is 0.230 e. The summed E-state index contributed by atoms with van der Waals surface area (Å²) in [5.41, 5.74) is 6.46. The molecule has 25 heavy (non-hydrogen) atoms.